The van der Waals surface area contributed by atoms with Crippen molar-refractivity contribution in [3.8, 4) is 17.3 Å². The van der Waals surface area contributed by atoms with Crippen molar-refractivity contribution in [3.63, 3.8) is 0 Å². The SMILES string of the molecule is CC1CN(C(=O)Nc2ccc(F)c(Cl)c2)CCN1c1nnc(-c2ccc(C#N)cc2)c2ccccc12.Cl. The molecule has 1 aliphatic rings. The number of anilines is 2. The fraction of sp³-hybridized carbons (Fsp3) is 0.185. The van der Waals surface area contributed by atoms with Gasteiger partial charge < -0.3 is 15.1 Å². The topological polar surface area (TPSA) is 85.2 Å². The van der Waals surface area contributed by atoms with Crippen molar-refractivity contribution in [1.82, 2.24) is 15.1 Å². The minimum atomic E-state index is -0.532. The van der Waals surface area contributed by atoms with Crippen molar-refractivity contribution in [1.29, 1.82) is 5.26 Å². The summed E-state index contributed by atoms with van der Waals surface area (Å²) in [5.74, 6) is 0.233. The van der Waals surface area contributed by atoms with Crippen LogP contribution in [0.3, 0.4) is 0 Å². The molecule has 0 saturated carbocycles. The van der Waals surface area contributed by atoms with Gasteiger partial charge in [0.2, 0.25) is 0 Å². The lowest BCUT2D eigenvalue weighted by atomic mass is 10.0. The maximum Gasteiger partial charge on any atom is 0.321 e. The quantitative estimate of drug-likeness (QED) is 0.340. The number of halogens is 3. The number of nitriles is 1. The van der Waals surface area contributed by atoms with Crippen LogP contribution in [0.25, 0.3) is 22.0 Å². The molecule has 1 N–H and O–H groups in total. The van der Waals surface area contributed by atoms with Gasteiger partial charge in [-0.2, -0.15) is 5.26 Å². The van der Waals surface area contributed by atoms with Gasteiger partial charge in [0.15, 0.2) is 5.82 Å². The van der Waals surface area contributed by atoms with E-state index in [2.05, 4.69) is 26.5 Å². The fourth-order valence-electron chi connectivity index (χ4n) is 4.45. The van der Waals surface area contributed by atoms with Gasteiger partial charge in [-0.15, -0.1) is 22.6 Å². The average molecular weight is 537 g/mol. The highest BCUT2D eigenvalue weighted by Crippen LogP contribution is 2.33. The molecule has 0 aliphatic carbocycles. The molecule has 1 unspecified atom stereocenters. The lowest BCUT2D eigenvalue weighted by Gasteiger charge is -2.40. The largest absolute Gasteiger partial charge is 0.348 e. The number of aromatic nitrogens is 2. The zero-order valence-corrected chi connectivity index (χ0v) is 21.4. The molecule has 0 spiro atoms. The summed E-state index contributed by atoms with van der Waals surface area (Å²) in [7, 11) is 0. The molecule has 37 heavy (non-hydrogen) atoms. The highest BCUT2D eigenvalue weighted by molar-refractivity contribution is 6.31. The van der Waals surface area contributed by atoms with Gasteiger partial charge in [-0.05, 0) is 37.3 Å². The van der Waals surface area contributed by atoms with Crippen LogP contribution >= 0.6 is 24.0 Å². The number of nitrogens with zero attached hydrogens (tertiary/aromatic N) is 5. The van der Waals surface area contributed by atoms with E-state index in [0.717, 1.165) is 27.8 Å². The molecule has 0 bridgehead atoms. The van der Waals surface area contributed by atoms with E-state index in [1.165, 1.54) is 18.2 Å². The Bertz CT molecular complexity index is 1490. The van der Waals surface area contributed by atoms with E-state index in [4.69, 9.17) is 16.9 Å². The molecular formula is C27H23Cl2FN6O. The second-order valence-corrected chi connectivity index (χ2v) is 9.06. The predicted octanol–water partition coefficient (Wildman–Crippen LogP) is 6.13. The number of hydrogen-bond donors (Lipinski definition) is 1. The molecule has 0 radical (unpaired) electrons. The van der Waals surface area contributed by atoms with E-state index in [1.807, 2.05) is 43.3 Å². The van der Waals surface area contributed by atoms with Crippen molar-refractivity contribution >= 4 is 52.3 Å². The highest BCUT2D eigenvalue weighted by Gasteiger charge is 2.29. The van der Waals surface area contributed by atoms with Crippen molar-refractivity contribution in [2.45, 2.75) is 13.0 Å². The van der Waals surface area contributed by atoms with Gasteiger partial charge in [-0.3, -0.25) is 0 Å². The molecule has 7 nitrogen and oxygen atoms in total. The van der Waals surface area contributed by atoms with Crippen LogP contribution in [0, 0.1) is 17.1 Å². The summed E-state index contributed by atoms with van der Waals surface area (Å²) in [6, 6.07) is 21.2. The Morgan fingerprint density at radius 2 is 1.81 bits per heavy atom. The molecule has 1 atom stereocenters. The molecule has 3 aromatic carbocycles. The summed E-state index contributed by atoms with van der Waals surface area (Å²) in [6.07, 6.45) is 0. The van der Waals surface area contributed by atoms with Gasteiger partial charge in [0, 0.05) is 47.7 Å². The Labute approximate surface area is 224 Å². The third-order valence-corrected chi connectivity index (χ3v) is 6.60. The smallest absolute Gasteiger partial charge is 0.321 e. The second kappa shape index (κ2) is 11.0. The molecule has 1 aromatic heterocycles. The van der Waals surface area contributed by atoms with Crippen LogP contribution in [-0.4, -0.2) is 46.8 Å². The van der Waals surface area contributed by atoms with Gasteiger partial charge in [-0.25, -0.2) is 9.18 Å². The Morgan fingerprint density at radius 3 is 2.49 bits per heavy atom. The molecule has 10 heteroatoms. The molecule has 2 amide bonds. The van der Waals surface area contributed by atoms with Crippen LogP contribution in [0.1, 0.15) is 12.5 Å². The van der Waals surface area contributed by atoms with Crippen LogP contribution in [0.15, 0.2) is 66.7 Å². The molecule has 1 aliphatic heterocycles. The van der Waals surface area contributed by atoms with Crippen molar-refractivity contribution in [3.05, 3.63) is 83.1 Å². The molecule has 5 rings (SSSR count). The lowest BCUT2D eigenvalue weighted by Crippen LogP contribution is -2.55. The molecule has 2 heterocycles. The first-order chi connectivity index (χ1) is 17.4. The monoisotopic (exact) mass is 536 g/mol. The number of hydrogen-bond acceptors (Lipinski definition) is 5. The number of nitrogens with one attached hydrogen (secondary N) is 1. The van der Waals surface area contributed by atoms with Crippen LogP contribution in [0.4, 0.5) is 20.7 Å². The summed E-state index contributed by atoms with van der Waals surface area (Å²) >= 11 is 5.83. The normalized spacial score (nSPS) is 15.1. The minimum Gasteiger partial charge on any atom is -0.348 e. The predicted molar refractivity (Wildman–Crippen MR) is 146 cm³/mol. The van der Waals surface area contributed by atoms with Gasteiger partial charge in [0.25, 0.3) is 0 Å². The molecule has 1 saturated heterocycles. The zero-order valence-electron chi connectivity index (χ0n) is 19.9. The van der Waals surface area contributed by atoms with E-state index in [9.17, 15) is 9.18 Å². The van der Waals surface area contributed by atoms with Gasteiger partial charge in [0.05, 0.1) is 16.7 Å². The van der Waals surface area contributed by atoms with Crippen molar-refractivity contribution < 1.29 is 9.18 Å². The van der Waals surface area contributed by atoms with E-state index >= 15 is 0 Å². The number of carbonyl (C=O) groups excluding carboxylic acids is 1. The first-order valence-electron chi connectivity index (χ1n) is 11.5. The number of rotatable bonds is 3. The third kappa shape index (κ3) is 5.29. The Hall–Kier alpha value is -3.93. The minimum absolute atomic E-state index is 0. The fourth-order valence-corrected chi connectivity index (χ4v) is 4.63. The molecular weight excluding hydrogens is 514 g/mol. The number of urea groups is 1. The number of piperazine rings is 1. The number of amides is 2. The van der Waals surface area contributed by atoms with Gasteiger partial charge in [-0.1, -0.05) is 48.0 Å². The van der Waals surface area contributed by atoms with Gasteiger partial charge in [0.1, 0.15) is 11.5 Å². The van der Waals surface area contributed by atoms with Crippen LogP contribution in [-0.2, 0) is 0 Å². The first kappa shape index (κ1) is 26.1. The summed E-state index contributed by atoms with van der Waals surface area (Å²) in [5, 5.41) is 22.9. The Kier molecular flexibility index (Phi) is 7.77. The maximum atomic E-state index is 13.4. The summed E-state index contributed by atoms with van der Waals surface area (Å²) in [5.41, 5.74) is 2.67. The van der Waals surface area contributed by atoms with Gasteiger partial charge >= 0.3 is 6.03 Å². The lowest BCUT2D eigenvalue weighted by molar-refractivity contribution is 0.200. The van der Waals surface area contributed by atoms with Crippen LogP contribution < -0.4 is 10.2 Å². The van der Waals surface area contributed by atoms with E-state index in [0.29, 0.717) is 30.9 Å². The van der Waals surface area contributed by atoms with Crippen molar-refractivity contribution in [2.24, 2.45) is 0 Å². The molecule has 1 fully saturated rings. The summed E-state index contributed by atoms with van der Waals surface area (Å²) in [6.45, 7) is 3.58. The van der Waals surface area contributed by atoms with Crippen molar-refractivity contribution in [2.75, 3.05) is 29.9 Å². The zero-order chi connectivity index (χ0) is 25.2. The summed E-state index contributed by atoms with van der Waals surface area (Å²) in [4.78, 5) is 16.7. The van der Waals surface area contributed by atoms with E-state index < -0.39 is 5.82 Å². The van der Waals surface area contributed by atoms with Crippen LogP contribution in [0.2, 0.25) is 5.02 Å². The first-order valence-corrected chi connectivity index (χ1v) is 11.9. The summed E-state index contributed by atoms with van der Waals surface area (Å²) < 4.78 is 13.4. The average Bonchev–Trinajstić information content (AvgIpc) is 2.90. The number of benzene rings is 3. The standard InChI is InChI=1S/C27H22ClFN6O.ClH/c1-17-16-34(27(36)31-20-10-11-24(29)23(28)14-20)12-13-35(17)26-22-5-3-2-4-21(22)25(32-33-26)19-8-6-18(15-30)7-9-19;/h2-11,14,17H,12-13,16H2,1H3,(H,31,36);1H. The van der Waals surface area contributed by atoms with E-state index in [-0.39, 0.29) is 29.5 Å². The Morgan fingerprint density at radius 1 is 1.08 bits per heavy atom. The molecule has 188 valence electrons. The van der Waals surface area contributed by atoms with E-state index in [1.54, 1.807) is 17.0 Å². The number of fused-ring (bicyclic) bond motifs is 1. The Balaban J connectivity index is 0.00000320. The number of carbonyl (C=O) groups is 1. The third-order valence-electron chi connectivity index (χ3n) is 6.31. The second-order valence-electron chi connectivity index (χ2n) is 8.65. The maximum absolute atomic E-state index is 13.4. The highest BCUT2D eigenvalue weighted by atomic mass is 35.5. The van der Waals surface area contributed by atoms with Crippen LogP contribution in [0.5, 0.6) is 0 Å². The molecule has 4 aromatic rings.